The molecule has 1 aliphatic heterocycles. The Morgan fingerprint density at radius 1 is 1.26 bits per heavy atom. The van der Waals surface area contributed by atoms with Crippen LogP contribution in [0.5, 0.6) is 5.75 Å². The Kier molecular flexibility index (Phi) is 4.87. The van der Waals surface area contributed by atoms with Gasteiger partial charge < -0.3 is 10.1 Å². The minimum absolute atomic E-state index is 0.0193. The SMILES string of the molecule is CCc1ccc(CNC(=O)c2cc3n(n2)C[C@@H](Oc2cccnc2)C3)cc1. The fourth-order valence-electron chi connectivity index (χ4n) is 3.23. The maximum Gasteiger partial charge on any atom is 0.272 e. The average molecular weight is 362 g/mol. The molecule has 0 bridgehead atoms. The summed E-state index contributed by atoms with van der Waals surface area (Å²) < 4.78 is 7.77. The zero-order valence-corrected chi connectivity index (χ0v) is 15.3. The highest BCUT2D eigenvalue weighted by molar-refractivity contribution is 5.92. The molecule has 1 aliphatic rings. The van der Waals surface area contributed by atoms with Gasteiger partial charge >= 0.3 is 0 Å². The fourth-order valence-corrected chi connectivity index (χ4v) is 3.23. The second-order valence-corrected chi connectivity index (χ2v) is 6.69. The van der Waals surface area contributed by atoms with Gasteiger partial charge in [-0.1, -0.05) is 31.2 Å². The van der Waals surface area contributed by atoms with E-state index in [-0.39, 0.29) is 12.0 Å². The third-order valence-electron chi connectivity index (χ3n) is 4.73. The van der Waals surface area contributed by atoms with Gasteiger partial charge in [-0.15, -0.1) is 0 Å². The maximum atomic E-state index is 12.4. The number of hydrogen-bond donors (Lipinski definition) is 1. The number of nitrogens with zero attached hydrogens (tertiary/aromatic N) is 3. The summed E-state index contributed by atoms with van der Waals surface area (Å²) in [5, 5.41) is 7.37. The molecule has 27 heavy (non-hydrogen) atoms. The first-order valence-corrected chi connectivity index (χ1v) is 9.20. The van der Waals surface area contributed by atoms with E-state index in [1.165, 1.54) is 5.56 Å². The van der Waals surface area contributed by atoms with Crippen molar-refractivity contribution in [3.05, 3.63) is 77.4 Å². The van der Waals surface area contributed by atoms with Gasteiger partial charge in [0.25, 0.3) is 5.91 Å². The largest absolute Gasteiger partial charge is 0.486 e. The topological polar surface area (TPSA) is 69.0 Å². The smallest absolute Gasteiger partial charge is 0.272 e. The number of nitrogens with one attached hydrogen (secondary N) is 1. The van der Waals surface area contributed by atoms with Gasteiger partial charge in [0.05, 0.1) is 12.7 Å². The van der Waals surface area contributed by atoms with Gasteiger partial charge in [-0.3, -0.25) is 14.5 Å². The summed E-state index contributed by atoms with van der Waals surface area (Å²) in [5.41, 5.74) is 3.84. The molecule has 0 radical (unpaired) electrons. The lowest BCUT2D eigenvalue weighted by atomic mass is 10.1. The third-order valence-corrected chi connectivity index (χ3v) is 4.73. The second kappa shape index (κ2) is 7.61. The number of pyridine rings is 1. The van der Waals surface area contributed by atoms with Crippen LogP contribution in [-0.2, 0) is 25.9 Å². The molecule has 1 N–H and O–H groups in total. The molecule has 6 heteroatoms. The molecule has 0 spiro atoms. The predicted molar refractivity (Wildman–Crippen MR) is 102 cm³/mol. The summed E-state index contributed by atoms with van der Waals surface area (Å²) in [4.78, 5) is 16.4. The van der Waals surface area contributed by atoms with Crippen molar-refractivity contribution in [3.8, 4) is 5.75 Å². The molecule has 0 saturated heterocycles. The molecule has 1 amide bonds. The lowest BCUT2D eigenvalue weighted by Crippen LogP contribution is -2.24. The molecule has 0 unspecified atom stereocenters. The van der Waals surface area contributed by atoms with Crippen molar-refractivity contribution in [1.29, 1.82) is 0 Å². The molecule has 3 heterocycles. The van der Waals surface area contributed by atoms with E-state index < -0.39 is 0 Å². The van der Waals surface area contributed by atoms with Crippen molar-refractivity contribution in [3.63, 3.8) is 0 Å². The second-order valence-electron chi connectivity index (χ2n) is 6.69. The van der Waals surface area contributed by atoms with Gasteiger partial charge in [0.1, 0.15) is 17.5 Å². The van der Waals surface area contributed by atoms with Crippen LogP contribution in [0.15, 0.2) is 54.9 Å². The van der Waals surface area contributed by atoms with Gasteiger partial charge in [0, 0.05) is 24.9 Å². The highest BCUT2D eigenvalue weighted by Crippen LogP contribution is 2.21. The van der Waals surface area contributed by atoms with E-state index in [0.717, 1.165) is 29.8 Å². The number of rotatable bonds is 6. The zero-order chi connectivity index (χ0) is 18.6. The van der Waals surface area contributed by atoms with Crippen molar-refractivity contribution < 1.29 is 9.53 Å². The Hall–Kier alpha value is -3.15. The first-order valence-electron chi connectivity index (χ1n) is 9.20. The van der Waals surface area contributed by atoms with Crippen molar-refractivity contribution >= 4 is 5.91 Å². The molecule has 1 atom stereocenters. The monoisotopic (exact) mass is 362 g/mol. The molecular weight excluding hydrogens is 340 g/mol. The third kappa shape index (κ3) is 4.00. The van der Waals surface area contributed by atoms with Gasteiger partial charge in [-0.05, 0) is 35.7 Å². The van der Waals surface area contributed by atoms with Crippen LogP contribution in [0.1, 0.15) is 34.2 Å². The minimum atomic E-state index is -0.152. The number of carbonyl (C=O) groups excluding carboxylic acids is 1. The van der Waals surface area contributed by atoms with Crippen molar-refractivity contribution in [2.45, 2.75) is 39.0 Å². The standard InChI is InChI=1S/C21H22N4O2/c1-2-15-5-7-16(8-6-15)12-23-21(26)20-11-17-10-19(14-25(17)24-20)27-18-4-3-9-22-13-18/h3-9,11,13,19H,2,10,12,14H2,1H3,(H,23,26)/t19-/m0/s1. The average Bonchev–Trinajstić information content (AvgIpc) is 3.26. The lowest BCUT2D eigenvalue weighted by Gasteiger charge is -2.12. The first-order chi connectivity index (χ1) is 13.2. The Morgan fingerprint density at radius 3 is 2.78 bits per heavy atom. The number of aromatic nitrogens is 3. The van der Waals surface area contributed by atoms with Crippen LogP contribution in [0.3, 0.4) is 0 Å². The number of amides is 1. The van der Waals surface area contributed by atoms with Crippen LogP contribution in [0.4, 0.5) is 0 Å². The summed E-state index contributed by atoms with van der Waals surface area (Å²) >= 11 is 0. The lowest BCUT2D eigenvalue weighted by molar-refractivity contribution is 0.0944. The molecule has 4 rings (SSSR count). The maximum absolute atomic E-state index is 12.4. The van der Waals surface area contributed by atoms with Crippen molar-refractivity contribution in [1.82, 2.24) is 20.1 Å². The number of benzene rings is 1. The Labute approximate surface area is 158 Å². The highest BCUT2D eigenvalue weighted by atomic mass is 16.5. The van der Waals surface area contributed by atoms with Crippen molar-refractivity contribution in [2.24, 2.45) is 0 Å². The van der Waals surface area contributed by atoms with Crippen LogP contribution in [0, 0.1) is 0 Å². The summed E-state index contributed by atoms with van der Waals surface area (Å²) in [7, 11) is 0. The molecule has 0 saturated carbocycles. The number of fused-ring (bicyclic) bond motifs is 1. The molecule has 1 aromatic carbocycles. The van der Waals surface area contributed by atoms with E-state index in [2.05, 4.69) is 34.5 Å². The minimum Gasteiger partial charge on any atom is -0.486 e. The summed E-state index contributed by atoms with van der Waals surface area (Å²) in [6.07, 6.45) is 5.18. The van der Waals surface area contributed by atoms with E-state index in [9.17, 15) is 4.79 Å². The van der Waals surface area contributed by atoms with Crippen LogP contribution >= 0.6 is 0 Å². The van der Waals surface area contributed by atoms with Gasteiger partial charge in [-0.25, -0.2) is 0 Å². The zero-order valence-electron chi connectivity index (χ0n) is 15.3. The van der Waals surface area contributed by atoms with Gasteiger partial charge in [0.2, 0.25) is 0 Å². The molecular formula is C21H22N4O2. The summed E-state index contributed by atoms with van der Waals surface area (Å²) in [5.74, 6) is 0.599. The quantitative estimate of drug-likeness (QED) is 0.732. The van der Waals surface area contributed by atoms with Crippen LogP contribution in [0.2, 0.25) is 0 Å². The normalized spacial score (nSPS) is 15.4. The Morgan fingerprint density at radius 2 is 2.07 bits per heavy atom. The predicted octanol–water partition coefficient (Wildman–Crippen LogP) is 2.77. The summed E-state index contributed by atoms with van der Waals surface area (Å²) in [6, 6.07) is 13.9. The molecule has 138 valence electrons. The van der Waals surface area contributed by atoms with E-state index in [1.807, 2.05) is 35.0 Å². The first kappa shape index (κ1) is 17.3. The van der Waals surface area contributed by atoms with E-state index in [4.69, 9.17) is 4.74 Å². The van der Waals surface area contributed by atoms with Crippen LogP contribution < -0.4 is 10.1 Å². The number of aryl methyl sites for hydroxylation is 1. The number of ether oxygens (including phenoxy) is 1. The van der Waals surface area contributed by atoms with Crippen LogP contribution in [0.25, 0.3) is 0 Å². The number of hydrogen-bond acceptors (Lipinski definition) is 4. The Bertz CT molecular complexity index is 896. The number of carbonyl (C=O) groups is 1. The molecule has 2 aromatic heterocycles. The highest BCUT2D eigenvalue weighted by Gasteiger charge is 2.26. The van der Waals surface area contributed by atoms with Crippen LogP contribution in [-0.4, -0.2) is 26.8 Å². The van der Waals surface area contributed by atoms with E-state index >= 15 is 0 Å². The van der Waals surface area contributed by atoms with Gasteiger partial charge in [-0.2, -0.15) is 5.10 Å². The van der Waals surface area contributed by atoms with Crippen molar-refractivity contribution in [2.75, 3.05) is 0 Å². The molecule has 3 aromatic rings. The Balaban J connectivity index is 1.32. The fraction of sp³-hybridized carbons (Fsp3) is 0.286. The molecule has 0 aliphatic carbocycles. The van der Waals surface area contributed by atoms with E-state index in [1.54, 1.807) is 12.4 Å². The molecule has 6 nitrogen and oxygen atoms in total. The van der Waals surface area contributed by atoms with Gasteiger partial charge in [0.15, 0.2) is 0 Å². The summed E-state index contributed by atoms with van der Waals surface area (Å²) in [6.45, 7) is 3.26. The van der Waals surface area contributed by atoms with E-state index in [0.29, 0.717) is 18.8 Å². The molecule has 0 fully saturated rings.